The second-order valence-corrected chi connectivity index (χ2v) is 4.86. The van der Waals surface area contributed by atoms with E-state index in [0.29, 0.717) is 30.8 Å². The summed E-state index contributed by atoms with van der Waals surface area (Å²) in [7, 11) is 1.33. The first-order chi connectivity index (χ1) is 10.2. The van der Waals surface area contributed by atoms with Crippen LogP contribution in [0.4, 0.5) is 0 Å². The van der Waals surface area contributed by atoms with Gasteiger partial charge in [0, 0.05) is 17.7 Å². The minimum absolute atomic E-state index is 0.0181. The number of aromatic amines is 1. The minimum Gasteiger partial charge on any atom is -0.464 e. The van der Waals surface area contributed by atoms with Crippen LogP contribution in [0.5, 0.6) is 0 Å². The Hall–Kier alpha value is -2.63. The molecule has 0 atom stereocenters. The van der Waals surface area contributed by atoms with E-state index < -0.39 is 5.97 Å². The maximum atomic E-state index is 12.4. The van der Waals surface area contributed by atoms with Crippen molar-refractivity contribution in [2.75, 3.05) is 13.7 Å². The molecule has 0 unspecified atom stereocenters. The van der Waals surface area contributed by atoms with Crippen LogP contribution in [0.3, 0.4) is 0 Å². The molecule has 6 nitrogen and oxygen atoms in total. The number of nitrogens with one attached hydrogen (secondary N) is 1. The first-order valence-corrected chi connectivity index (χ1v) is 6.69. The van der Waals surface area contributed by atoms with E-state index in [-0.39, 0.29) is 5.91 Å². The quantitative estimate of drug-likeness (QED) is 0.846. The van der Waals surface area contributed by atoms with Crippen molar-refractivity contribution in [2.45, 2.75) is 13.0 Å². The highest BCUT2D eigenvalue weighted by Crippen LogP contribution is 2.22. The molecule has 6 heteroatoms. The van der Waals surface area contributed by atoms with Crippen molar-refractivity contribution in [1.29, 1.82) is 0 Å². The van der Waals surface area contributed by atoms with E-state index in [4.69, 9.17) is 4.74 Å². The number of fused-ring (bicyclic) bond motifs is 1. The number of H-pyrrole nitrogens is 1. The van der Waals surface area contributed by atoms with Crippen molar-refractivity contribution in [3.8, 4) is 0 Å². The van der Waals surface area contributed by atoms with E-state index in [0.717, 1.165) is 11.3 Å². The second kappa shape index (κ2) is 5.40. The molecule has 0 aliphatic carbocycles. The van der Waals surface area contributed by atoms with Crippen molar-refractivity contribution in [1.82, 2.24) is 15.1 Å². The number of benzene rings is 1. The summed E-state index contributed by atoms with van der Waals surface area (Å²) in [5, 5.41) is 6.83. The van der Waals surface area contributed by atoms with Gasteiger partial charge in [0.1, 0.15) is 0 Å². The number of aromatic nitrogens is 2. The van der Waals surface area contributed by atoms with Gasteiger partial charge >= 0.3 is 5.97 Å². The van der Waals surface area contributed by atoms with Crippen LogP contribution in [0.2, 0.25) is 0 Å². The number of carbonyl (C=O) groups is 2. The molecule has 0 fully saturated rings. The Kier molecular flexibility index (Phi) is 3.43. The SMILES string of the molecule is COC(=O)c1n[nH]c2c1CCN(C(=O)c1ccccc1)C2. The zero-order chi connectivity index (χ0) is 14.8. The molecule has 21 heavy (non-hydrogen) atoms. The number of esters is 1. The fourth-order valence-corrected chi connectivity index (χ4v) is 2.52. The highest BCUT2D eigenvalue weighted by Gasteiger charge is 2.28. The van der Waals surface area contributed by atoms with Crippen molar-refractivity contribution in [3.05, 3.63) is 52.8 Å². The van der Waals surface area contributed by atoms with Gasteiger partial charge in [-0.05, 0) is 18.6 Å². The number of nitrogens with zero attached hydrogens (tertiary/aromatic N) is 2. The molecular weight excluding hydrogens is 270 g/mol. The standard InChI is InChI=1S/C15H15N3O3/c1-21-15(20)13-11-7-8-18(9-12(11)16-17-13)14(19)10-5-3-2-4-6-10/h2-6H,7-9H2,1H3,(H,16,17). The lowest BCUT2D eigenvalue weighted by molar-refractivity contribution is 0.0592. The third-order valence-electron chi connectivity index (χ3n) is 3.62. The van der Waals surface area contributed by atoms with Gasteiger partial charge in [0.05, 0.1) is 19.3 Å². The predicted octanol–water partition coefficient (Wildman–Crippen LogP) is 1.39. The Bertz CT molecular complexity index is 679. The maximum Gasteiger partial charge on any atom is 0.358 e. The number of rotatable bonds is 2. The molecule has 0 spiro atoms. The van der Waals surface area contributed by atoms with E-state index in [9.17, 15) is 9.59 Å². The van der Waals surface area contributed by atoms with Gasteiger partial charge in [-0.3, -0.25) is 9.89 Å². The fraction of sp³-hybridized carbons (Fsp3) is 0.267. The Morgan fingerprint density at radius 1 is 1.29 bits per heavy atom. The lowest BCUT2D eigenvalue weighted by Crippen LogP contribution is -2.36. The van der Waals surface area contributed by atoms with Crippen LogP contribution in [0.1, 0.15) is 32.1 Å². The highest BCUT2D eigenvalue weighted by molar-refractivity contribution is 5.94. The normalized spacial score (nSPS) is 13.7. The second-order valence-electron chi connectivity index (χ2n) is 4.86. The van der Waals surface area contributed by atoms with Crippen molar-refractivity contribution >= 4 is 11.9 Å². The molecule has 1 N–H and O–H groups in total. The number of carbonyl (C=O) groups excluding carboxylic acids is 2. The number of hydrogen-bond acceptors (Lipinski definition) is 4. The number of ether oxygens (including phenoxy) is 1. The molecule has 0 saturated heterocycles. The molecule has 0 bridgehead atoms. The molecular formula is C15H15N3O3. The molecule has 1 aromatic carbocycles. The van der Waals surface area contributed by atoms with Crippen LogP contribution in [-0.2, 0) is 17.7 Å². The summed E-state index contributed by atoms with van der Waals surface area (Å²) in [5.74, 6) is -0.467. The molecule has 108 valence electrons. The van der Waals surface area contributed by atoms with Crippen molar-refractivity contribution in [3.63, 3.8) is 0 Å². The lowest BCUT2D eigenvalue weighted by Gasteiger charge is -2.26. The Balaban J connectivity index is 1.81. The van der Waals surface area contributed by atoms with Crippen LogP contribution < -0.4 is 0 Å². The van der Waals surface area contributed by atoms with Gasteiger partial charge in [-0.15, -0.1) is 0 Å². The van der Waals surface area contributed by atoms with Gasteiger partial charge < -0.3 is 9.64 Å². The fourth-order valence-electron chi connectivity index (χ4n) is 2.52. The summed E-state index contributed by atoms with van der Waals surface area (Å²) in [6.45, 7) is 0.983. The smallest absolute Gasteiger partial charge is 0.358 e. The number of amides is 1. The van der Waals surface area contributed by atoms with E-state index in [1.165, 1.54) is 7.11 Å². The maximum absolute atomic E-state index is 12.4. The molecule has 2 aromatic rings. The molecule has 1 aromatic heterocycles. The monoisotopic (exact) mass is 285 g/mol. The Morgan fingerprint density at radius 2 is 2.05 bits per heavy atom. The predicted molar refractivity (Wildman–Crippen MR) is 74.8 cm³/mol. The Labute approximate surface area is 121 Å². The summed E-state index contributed by atoms with van der Waals surface area (Å²) in [4.78, 5) is 25.8. The zero-order valence-corrected chi connectivity index (χ0v) is 11.6. The number of hydrogen-bond donors (Lipinski definition) is 1. The van der Waals surface area contributed by atoms with Gasteiger partial charge in [-0.2, -0.15) is 5.10 Å². The summed E-state index contributed by atoms with van der Waals surface area (Å²) >= 11 is 0. The average molecular weight is 285 g/mol. The van der Waals surface area contributed by atoms with E-state index in [1.807, 2.05) is 18.2 Å². The van der Waals surface area contributed by atoms with Crippen LogP contribution >= 0.6 is 0 Å². The highest BCUT2D eigenvalue weighted by atomic mass is 16.5. The summed E-state index contributed by atoms with van der Waals surface area (Å²) in [6.07, 6.45) is 0.592. The molecule has 1 aliphatic heterocycles. The molecule has 0 saturated carbocycles. The van der Waals surface area contributed by atoms with Crippen LogP contribution in [0.25, 0.3) is 0 Å². The number of methoxy groups -OCH3 is 1. The van der Waals surface area contributed by atoms with Crippen LogP contribution in [-0.4, -0.2) is 40.6 Å². The van der Waals surface area contributed by atoms with E-state index >= 15 is 0 Å². The molecule has 0 radical (unpaired) electrons. The largest absolute Gasteiger partial charge is 0.464 e. The van der Waals surface area contributed by atoms with Crippen molar-refractivity contribution < 1.29 is 14.3 Å². The Morgan fingerprint density at radius 3 is 2.76 bits per heavy atom. The van der Waals surface area contributed by atoms with Gasteiger partial charge in [0.2, 0.25) is 0 Å². The molecule has 1 amide bonds. The van der Waals surface area contributed by atoms with Gasteiger partial charge in [0.25, 0.3) is 5.91 Å². The third kappa shape index (κ3) is 2.40. The summed E-state index contributed by atoms with van der Waals surface area (Å²) in [6, 6.07) is 9.15. The van der Waals surface area contributed by atoms with Gasteiger partial charge in [-0.25, -0.2) is 4.79 Å². The van der Waals surface area contributed by atoms with Crippen LogP contribution in [0, 0.1) is 0 Å². The third-order valence-corrected chi connectivity index (χ3v) is 3.62. The average Bonchev–Trinajstić information content (AvgIpc) is 2.97. The minimum atomic E-state index is -0.449. The first-order valence-electron chi connectivity index (χ1n) is 6.69. The summed E-state index contributed by atoms with van der Waals surface area (Å²) < 4.78 is 4.70. The molecule has 1 aliphatic rings. The molecule has 2 heterocycles. The first kappa shape index (κ1) is 13.4. The zero-order valence-electron chi connectivity index (χ0n) is 11.6. The van der Waals surface area contributed by atoms with Gasteiger partial charge in [-0.1, -0.05) is 18.2 Å². The van der Waals surface area contributed by atoms with Gasteiger partial charge in [0.15, 0.2) is 5.69 Å². The molecule has 3 rings (SSSR count). The summed E-state index contributed by atoms with van der Waals surface area (Å²) in [5.41, 5.74) is 2.62. The van der Waals surface area contributed by atoms with Crippen molar-refractivity contribution in [2.24, 2.45) is 0 Å². The topological polar surface area (TPSA) is 75.3 Å². The lowest BCUT2D eigenvalue weighted by atomic mass is 10.0. The van der Waals surface area contributed by atoms with E-state index in [2.05, 4.69) is 10.2 Å². The van der Waals surface area contributed by atoms with E-state index in [1.54, 1.807) is 17.0 Å². The van der Waals surface area contributed by atoms with Crippen LogP contribution in [0.15, 0.2) is 30.3 Å².